The van der Waals surface area contributed by atoms with Gasteiger partial charge >= 0.3 is 0 Å². The molecule has 1 nitrogen and oxygen atoms in total. The average Bonchev–Trinajstić information content (AvgIpc) is 2.65. The van der Waals surface area contributed by atoms with Gasteiger partial charge in [0.2, 0.25) is 0 Å². The van der Waals surface area contributed by atoms with Crippen molar-refractivity contribution in [1.82, 2.24) is 0 Å². The number of unbranched alkanes of at least 4 members (excludes halogenated alkanes) is 2. The SMILES string of the molecule is CCCCCOc1cccc(-c2ccccc2C2(F)C=C(F)C=CC2)c1. The number of hydrogen-bond donors (Lipinski definition) is 0. The third-order valence-corrected chi connectivity index (χ3v) is 4.60. The molecule has 0 saturated carbocycles. The summed E-state index contributed by atoms with van der Waals surface area (Å²) in [6, 6.07) is 14.9. The first kappa shape index (κ1) is 18.4. The third kappa shape index (κ3) is 4.21. The fraction of sp³-hybridized carbons (Fsp3) is 0.304. The molecule has 1 aliphatic rings. The Labute approximate surface area is 154 Å². The van der Waals surface area contributed by atoms with Gasteiger partial charge in [0, 0.05) is 12.0 Å². The van der Waals surface area contributed by atoms with E-state index < -0.39 is 11.5 Å². The Morgan fingerprint density at radius 1 is 1.08 bits per heavy atom. The summed E-state index contributed by atoms with van der Waals surface area (Å²) < 4.78 is 35.0. The van der Waals surface area contributed by atoms with Gasteiger partial charge in [0.25, 0.3) is 0 Å². The molecule has 1 aliphatic carbocycles. The Morgan fingerprint density at radius 2 is 1.92 bits per heavy atom. The minimum atomic E-state index is -1.84. The lowest BCUT2D eigenvalue weighted by Crippen LogP contribution is -2.19. The van der Waals surface area contributed by atoms with Crippen molar-refractivity contribution in [1.29, 1.82) is 0 Å². The molecule has 0 amide bonds. The number of ether oxygens (including phenoxy) is 1. The summed E-state index contributed by atoms with van der Waals surface area (Å²) >= 11 is 0. The van der Waals surface area contributed by atoms with Crippen LogP contribution in [0.4, 0.5) is 8.78 Å². The lowest BCUT2D eigenvalue weighted by atomic mass is 9.84. The zero-order chi connectivity index (χ0) is 18.4. The molecule has 2 aromatic carbocycles. The van der Waals surface area contributed by atoms with Crippen LogP contribution in [0, 0.1) is 0 Å². The van der Waals surface area contributed by atoms with Gasteiger partial charge in [-0.15, -0.1) is 0 Å². The number of halogens is 2. The van der Waals surface area contributed by atoms with Crippen molar-refractivity contribution >= 4 is 0 Å². The van der Waals surface area contributed by atoms with Gasteiger partial charge < -0.3 is 4.74 Å². The summed E-state index contributed by atoms with van der Waals surface area (Å²) in [5.74, 6) is 0.230. The highest BCUT2D eigenvalue weighted by Gasteiger charge is 2.33. The maximum atomic E-state index is 15.5. The van der Waals surface area contributed by atoms with E-state index in [1.165, 1.54) is 6.08 Å². The highest BCUT2D eigenvalue weighted by molar-refractivity contribution is 5.70. The van der Waals surface area contributed by atoms with Crippen molar-refractivity contribution in [3.05, 3.63) is 78.1 Å². The van der Waals surface area contributed by atoms with Crippen LogP contribution < -0.4 is 4.74 Å². The fourth-order valence-corrected chi connectivity index (χ4v) is 3.25. The first-order valence-corrected chi connectivity index (χ1v) is 9.19. The predicted octanol–water partition coefficient (Wildman–Crippen LogP) is 6.90. The Hall–Kier alpha value is -2.42. The van der Waals surface area contributed by atoms with Gasteiger partial charge in [0.1, 0.15) is 11.6 Å². The maximum absolute atomic E-state index is 15.5. The van der Waals surface area contributed by atoms with Gasteiger partial charge in [-0.3, -0.25) is 0 Å². The molecule has 3 rings (SSSR count). The second-order valence-electron chi connectivity index (χ2n) is 6.63. The van der Waals surface area contributed by atoms with Crippen LogP contribution in [0.3, 0.4) is 0 Å². The summed E-state index contributed by atoms with van der Waals surface area (Å²) in [6.07, 6.45) is 7.35. The Morgan fingerprint density at radius 3 is 2.73 bits per heavy atom. The first-order valence-electron chi connectivity index (χ1n) is 9.19. The molecule has 1 unspecified atom stereocenters. The molecule has 0 N–H and O–H groups in total. The Kier molecular flexibility index (Phi) is 5.87. The molecular formula is C23H24F2O. The summed E-state index contributed by atoms with van der Waals surface area (Å²) in [7, 11) is 0. The molecule has 1 atom stereocenters. The van der Waals surface area contributed by atoms with Gasteiger partial charge in [0.05, 0.1) is 6.61 Å². The van der Waals surface area contributed by atoms with E-state index >= 15 is 4.39 Å². The van der Waals surface area contributed by atoms with Gasteiger partial charge in [-0.25, -0.2) is 8.78 Å². The summed E-state index contributed by atoms with van der Waals surface area (Å²) in [6.45, 7) is 2.83. The van der Waals surface area contributed by atoms with E-state index in [-0.39, 0.29) is 6.42 Å². The van der Waals surface area contributed by atoms with Crippen LogP contribution in [-0.4, -0.2) is 6.61 Å². The minimum absolute atomic E-state index is 0.130. The van der Waals surface area contributed by atoms with Crippen molar-refractivity contribution in [3.63, 3.8) is 0 Å². The molecular weight excluding hydrogens is 330 g/mol. The van der Waals surface area contributed by atoms with Crippen LogP contribution in [0.15, 0.2) is 72.6 Å². The molecule has 2 aromatic rings. The van der Waals surface area contributed by atoms with Gasteiger partial charge in [-0.2, -0.15) is 0 Å². The number of rotatable bonds is 7. The lowest BCUT2D eigenvalue weighted by Gasteiger charge is -2.26. The van der Waals surface area contributed by atoms with E-state index in [2.05, 4.69) is 6.92 Å². The zero-order valence-corrected chi connectivity index (χ0v) is 15.1. The fourth-order valence-electron chi connectivity index (χ4n) is 3.25. The van der Waals surface area contributed by atoms with Crippen LogP contribution in [0.5, 0.6) is 5.75 Å². The topological polar surface area (TPSA) is 9.23 Å². The first-order chi connectivity index (χ1) is 12.6. The van der Waals surface area contributed by atoms with Crippen molar-refractivity contribution in [2.75, 3.05) is 6.61 Å². The Balaban J connectivity index is 1.90. The lowest BCUT2D eigenvalue weighted by molar-refractivity contribution is 0.231. The quantitative estimate of drug-likeness (QED) is 0.491. The molecule has 0 spiro atoms. The number of allylic oxidation sites excluding steroid dienone is 4. The highest BCUT2D eigenvalue weighted by Crippen LogP contribution is 2.41. The molecule has 0 bridgehead atoms. The zero-order valence-electron chi connectivity index (χ0n) is 15.1. The van der Waals surface area contributed by atoms with Gasteiger partial charge in [-0.1, -0.05) is 62.2 Å². The average molecular weight is 354 g/mol. The van der Waals surface area contributed by atoms with E-state index in [0.717, 1.165) is 42.2 Å². The highest BCUT2D eigenvalue weighted by atomic mass is 19.1. The van der Waals surface area contributed by atoms with Gasteiger partial charge in [-0.05, 0) is 41.8 Å². The predicted molar refractivity (Wildman–Crippen MR) is 103 cm³/mol. The van der Waals surface area contributed by atoms with Crippen LogP contribution >= 0.6 is 0 Å². The minimum Gasteiger partial charge on any atom is -0.494 e. The molecule has 0 fully saturated rings. The molecule has 0 aliphatic heterocycles. The molecule has 0 heterocycles. The van der Waals surface area contributed by atoms with Gasteiger partial charge in [0.15, 0.2) is 5.67 Å². The van der Waals surface area contributed by atoms with E-state index in [4.69, 9.17) is 4.74 Å². The normalized spacial score (nSPS) is 19.3. The third-order valence-electron chi connectivity index (χ3n) is 4.60. The Bertz CT molecular complexity index is 809. The van der Waals surface area contributed by atoms with Crippen LogP contribution in [-0.2, 0) is 5.67 Å². The van der Waals surface area contributed by atoms with E-state index in [0.29, 0.717) is 12.2 Å². The van der Waals surface area contributed by atoms with Crippen molar-refractivity contribution in [2.24, 2.45) is 0 Å². The number of benzene rings is 2. The molecule has 0 radical (unpaired) electrons. The van der Waals surface area contributed by atoms with E-state index in [1.807, 2.05) is 36.4 Å². The van der Waals surface area contributed by atoms with Crippen molar-refractivity contribution in [3.8, 4) is 16.9 Å². The number of alkyl halides is 1. The molecule has 26 heavy (non-hydrogen) atoms. The summed E-state index contributed by atoms with van der Waals surface area (Å²) in [4.78, 5) is 0. The summed E-state index contributed by atoms with van der Waals surface area (Å²) in [5.41, 5.74) is 0.262. The summed E-state index contributed by atoms with van der Waals surface area (Å²) in [5, 5.41) is 0. The van der Waals surface area contributed by atoms with E-state index in [9.17, 15) is 4.39 Å². The van der Waals surface area contributed by atoms with Crippen molar-refractivity contribution < 1.29 is 13.5 Å². The number of hydrogen-bond acceptors (Lipinski definition) is 1. The maximum Gasteiger partial charge on any atom is 0.161 e. The molecule has 0 saturated heterocycles. The van der Waals surface area contributed by atoms with Crippen LogP contribution in [0.2, 0.25) is 0 Å². The van der Waals surface area contributed by atoms with Crippen molar-refractivity contribution in [2.45, 2.75) is 38.3 Å². The van der Waals surface area contributed by atoms with Crippen LogP contribution in [0.1, 0.15) is 38.2 Å². The molecule has 0 aromatic heterocycles. The van der Waals surface area contributed by atoms with Crippen LogP contribution in [0.25, 0.3) is 11.1 Å². The second-order valence-corrected chi connectivity index (χ2v) is 6.63. The largest absolute Gasteiger partial charge is 0.494 e. The monoisotopic (exact) mass is 354 g/mol. The standard InChI is InChI=1S/C23H24F2O/c1-2-3-6-15-26-20-11-7-9-18(16-20)21-12-4-5-13-22(21)23(25)14-8-10-19(24)17-23/h4-5,7-13,16-17H,2-3,6,14-15H2,1H3. The van der Waals surface area contributed by atoms with E-state index in [1.54, 1.807) is 18.2 Å². The molecule has 136 valence electrons. The molecule has 3 heteroatoms. The second kappa shape index (κ2) is 8.31. The smallest absolute Gasteiger partial charge is 0.161 e.